The van der Waals surface area contributed by atoms with Crippen LogP contribution in [0.1, 0.15) is 18.4 Å². The number of nitrogens with zero attached hydrogens (tertiary/aromatic N) is 1. The van der Waals surface area contributed by atoms with E-state index < -0.39 is 0 Å². The summed E-state index contributed by atoms with van der Waals surface area (Å²) < 4.78 is 11.1. The van der Waals surface area contributed by atoms with Crippen molar-refractivity contribution in [3.63, 3.8) is 0 Å². The molecule has 0 radical (unpaired) electrons. The molecule has 2 saturated heterocycles. The van der Waals surface area contributed by atoms with Crippen LogP contribution in [0, 0.1) is 5.92 Å². The van der Waals surface area contributed by atoms with E-state index >= 15 is 0 Å². The van der Waals surface area contributed by atoms with E-state index in [4.69, 9.17) is 15.2 Å². The second-order valence-corrected chi connectivity index (χ2v) is 5.87. The molecular formula is C16H22N2O3. The molecule has 114 valence electrons. The molecule has 5 heteroatoms. The van der Waals surface area contributed by atoms with Crippen LogP contribution in [-0.4, -0.2) is 42.8 Å². The summed E-state index contributed by atoms with van der Waals surface area (Å²) in [7, 11) is 0. The summed E-state index contributed by atoms with van der Waals surface area (Å²) in [6.07, 6.45) is 1.59. The van der Waals surface area contributed by atoms with Gasteiger partial charge in [0, 0.05) is 0 Å². The van der Waals surface area contributed by atoms with Gasteiger partial charge in [0.25, 0.3) is 0 Å². The quantitative estimate of drug-likeness (QED) is 0.921. The third kappa shape index (κ3) is 3.19. The fourth-order valence-electron chi connectivity index (χ4n) is 3.31. The van der Waals surface area contributed by atoms with Gasteiger partial charge in [-0.25, -0.2) is 4.79 Å². The first-order valence-corrected chi connectivity index (χ1v) is 7.54. The smallest absolute Gasteiger partial charge is 0.410 e. The van der Waals surface area contributed by atoms with Crippen LogP contribution in [0.5, 0.6) is 0 Å². The van der Waals surface area contributed by atoms with Crippen LogP contribution in [0.25, 0.3) is 0 Å². The highest BCUT2D eigenvalue weighted by molar-refractivity contribution is 5.69. The van der Waals surface area contributed by atoms with E-state index in [1.807, 2.05) is 35.2 Å². The number of fused-ring (bicyclic) bond motifs is 2. The van der Waals surface area contributed by atoms with Gasteiger partial charge < -0.3 is 15.2 Å². The molecule has 3 rings (SSSR count). The predicted molar refractivity (Wildman–Crippen MR) is 78.6 cm³/mol. The number of benzene rings is 1. The standard InChI is InChI=1S/C16H22N2O3/c17-8-13-6-14-10-20-11-15(7-13)18(14)16(19)21-9-12-4-2-1-3-5-12/h1-5,13-15H,6-11,17H2. The number of carbonyl (C=O) groups is 1. The minimum Gasteiger partial charge on any atom is -0.445 e. The minimum absolute atomic E-state index is 0.106. The zero-order valence-corrected chi connectivity index (χ0v) is 12.1. The van der Waals surface area contributed by atoms with Gasteiger partial charge in [0.2, 0.25) is 0 Å². The Kier molecular flexibility index (Phi) is 4.41. The summed E-state index contributed by atoms with van der Waals surface area (Å²) in [5.74, 6) is 0.488. The highest BCUT2D eigenvalue weighted by Gasteiger charge is 2.41. The summed E-state index contributed by atoms with van der Waals surface area (Å²) in [5, 5.41) is 0. The second kappa shape index (κ2) is 6.45. The van der Waals surface area contributed by atoms with Gasteiger partial charge in [0.1, 0.15) is 6.61 Å². The lowest BCUT2D eigenvalue weighted by molar-refractivity contribution is -0.0783. The van der Waals surface area contributed by atoms with Crippen molar-refractivity contribution < 1.29 is 14.3 Å². The van der Waals surface area contributed by atoms with E-state index in [2.05, 4.69) is 0 Å². The normalized spacial score (nSPS) is 28.2. The van der Waals surface area contributed by atoms with E-state index in [0.29, 0.717) is 32.3 Å². The van der Waals surface area contributed by atoms with Gasteiger partial charge in [-0.3, -0.25) is 4.90 Å². The molecule has 2 heterocycles. The minimum atomic E-state index is -0.229. The fourth-order valence-corrected chi connectivity index (χ4v) is 3.31. The molecule has 1 aromatic carbocycles. The number of nitrogens with two attached hydrogens (primary N) is 1. The molecule has 0 aromatic heterocycles. The molecule has 1 amide bonds. The van der Waals surface area contributed by atoms with E-state index in [0.717, 1.165) is 18.4 Å². The van der Waals surface area contributed by atoms with Crippen LogP contribution in [0.4, 0.5) is 4.79 Å². The van der Waals surface area contributed by atoms with Crippen LogP contribution in [0.3, 0.4) is 0 Å². The van der Waals surface area contributed by atoms with Crippen molar-refractivity contribution in [1.29, 1.82) is 0 Å². The molecule has 5 nitrogen and oxygen atoms in total. The molecule has 1 aromatic rings. The van der Waals surface area contributed by atoms with Gasteiger partial charge in [-0.1, -0.05) is 30.3 Å². The first-order chi connectivity index (χ1) is 10.3. The first kappa shape index (κ1) is 14.4. The SMILES string of the molecule is NCC1CC2COCC(C1)N2C(=O)OCc1ccccc1. The Hall–Kier alpha value is -1.59. The molecule has 0 spiro atoms. The molecule has 0 aliphatic carbocycles. The monoisotopic (exact) mass is 290 g/mol. The number of rotatable bonds is 3. The zero-order valence-electron chi connectivity index (χ0n) is 12.1. The maximum atomic E-state index is 12.4. The number of carbonyl (C=O) groups excluding carboxylic acids is 1. The summed E-state index contributed by atoms with van der Waals surface area (Å²) in [5.41, 5.74) is 6.79. The Balaban J connectivity index is 1.61. The zero-order chi connectivity index (χ0) is 14.7. The van der Waals surface area contributed by atoms with Gasteiger partial charge >= 0.3 is 6.09 Å². The van der Waals surface area contributed by atoms with Gasteiger partial charge in [-0.2, -0.15) is 0 Å². The van der Waals surface area contributed by atoms with E-state index in [1.165, 1.54) is 0 Å². The van der Waals surface area contributed by atoms with Gasteiger partial charge in [0.15, 0.2) is 0 Å². The van der Waals surface area contributed by atoms with Gasteiger partial charge in [-0.05, 0) is 30.9 Å². The van der Waals surface area contributed by atoms with Crippen molar-refractivity contribution in [2.45, 2.75) is 31.5 Å². The molecule has 21 heavy (non-hydrogen) atoms. The Morgan fingerprint density at radius 3 is 2.52 bits per heavy atom. The van der Waals surface area contributed by atoms with Gasteiger partial charge in [0.05, 0.1) is 25.3 Å². The van der Waals surface area contributed by atoms with Crippen LogP contribution in [0.2, 0.25) is 0 Å². The molecule has 2 N–H and O–H groups in total. The maximum absolute atomic E-state index is 12.4. The summed E-state index contributed by atoms with van der Waals surface area (Å²) >= 11 is 0. The average Bonchev–Trinajstić information content (AvgIpc) is 2.52. The van der Waals surface area contributed by atoms with Crippen molar-refractivity contribution in [2.75, 3.05) is 19.8 Å². The highest BCUT2D eigenvalue weighted by atomic mass is 16.6. The number of ether oxygens (including phenoxy) is 2. The Morgan fingerprint density at radius 2 is 1.90 bits per heavy atom. The fraction of sp³-hybridized carbons (Fsp3) is 0.562. The number of morpholine rings is 1. The van der Waals surface area contributed by atoms with Crippen molar-refractivity contribution in [2.24, 2.45) is 11.7 Å². The Morgan fingerprint density at radius 1 is 1.24 bits per heavy atom. The number of hydrogen-bond donors (Lipinski definition) is 1. The molecular weight excluding hydrogens is 268 g/mol. The molecule has 2 bridgehead atoms. The molecule has 2 fully saturated rings. The summed E-state index contributed by atoms with van der Waals surface area (Å²) in [4.78, 5) is 14.3. The molecule has 2 unspecified atom stereocenters. The third-order valence-electron chi connectivity index (χ3n) is 4.37. The van der Waals surface area contributed by atoms with E-state index in [-0.39, 0.29) is 18.2 Å². The van der Waals surface area contributed by atoms with Crippen molar-refractivity contribution >= 4 is 6.09 Å². The lowest BCUT2D eigenvalue weighted by Gasteiger charge is -2.47. The lowest BCUT2D eigenvalue weighted by atomic mass is 9.85. The van der Waals surface area contributed by atoms with Crippen LogP contribution in [0.15, 0.2) is 30.3 Å². The average molecular weight is 290 g/mol. The van der Waals surface area contributed by atoms with Crippen molar-refractivity contribution in [3.05, 3.63) is 35.9 Å². The van der Waals surface area contributed by atoms with E-state index in [9.17, 15) is 4.79 Å². The van der Waals surface area contributed by atoms with Crippen LogP contribution >= 0.6 is 0 Å². The molecule has 2 aliphatic rings. The maximum Gasteiger partial charge on any atom is 0.410 e. The third-order valence-corrected chi connectivity index (χ3v) is 4.37. The molecule has 2 aliphatic heterocycles. The second-order valence-electron chi connectivity index (χ2n) is 5.87. The molecule has 0 saturated carbocycles. The van der Waals surface area contributed by atoms with Crippen molar-refractivity contribution in [1.82, 2.24) is 4.90 Å². The van der Waals surface area contributed by atoms with E-state index in [1.54, 1.807) is 0 Å². The largest absolute Gasteiger partial charge is 0.445 e. The summed E-state index contributed by atoms with van der Waals surface area (Å²) in [6, 6.07) is 9.96. The van der Waals surface area contributed by atoms with Crippen LogP contribution in [-0.2, 0) is 16.1 Å². The Labute approximate surface area is 125 Å². The Bertz CT molecular complexity index is 466. The molecule has 2 atom stereocenters. The number of hydrogen-bond acceptors (Lipinski definition) is 4. The number of piperidine rings is 1. The number of amides is 1. The topological polar surface area (TPSA) is 64.8 Å². The van der Waals surface area contributed by atoms with Crippen molar-refractivity contribution in [3.8, 4) is 0 Å². The summed E-state index contributed by atoms with van der Waals surface area (Å²) in [6.45, 7) is 2.18. The first-order valence-electron chi connectivity index (χ1n) is 7.54. The predicted octanol–water partition coefficient (Wildman–Crippen LogP) is 1.76. The van der Waals surface area contributed by atoms with Gasteiger partial charge in [-0.15, -0.1) is 0 Å². The highest BCUT2D eigenvalue weighted by Crippen LogP contribution is 2.31. The van der Waals surface area contributed by atoms with Crippen LogP contribution < -0.4 is 5.73 Å². The lowest BCUT2D eigenvalue weighted by Crippen LogP contribution is -2.59.